The van der Waals surface area contributed by atoms with Crippen LogP contribution >= 0.6 is 15.9 Å². The first-order valence-electron chi connectivity index (χ1n) is 7.22. The van der Waals surface area contributed by atoms with E-state index < -0.39 is 0 Å². The van der Waals surface area contributed by atoms with E-state index in [1.807, 2.05) is 26.1 Å². The van der Waals surface area contributed by atoms with Gasteiger partial charge in [0, 0.05) is 19.3 Å². The maximum absolute atomic E-state index is 12.5. The molecule has 6 nitrogen and oxygen atoms in total. The van der Waals surface area contributed by atoms with Crippen molar-refractivity contribution in [2.45, 2.75) is 32.6 Å². The first kappa shape index (κ1) is 15.3. The largest absolute Gasteiger partial charge is 0.454 e. The molecular weight excluding hydrogens is 350 g/mol. The summed E-state index contributed by atoms with van der Waals surface area (Å²) in [6.45, 7) is 5.61. The fourth-order valence-corrected chi connectivity index (χ4v) is 2.99. The second-order valence-corrected chi connectivity index (χ2v) is 6.51. The third-order valence-electron chi connectivity index (χ3n) is 3.50. The van der Waals surface area contributed by atoms with Crippen LogP contribution in [0.3, 0.4) is 0 Å². The van der Waals surface area contributed by atoms with Crippen molar-refractivity contribution in [3.63, 3.8) is 0 Å². The van der Waals surface area contributed by atoms with Crippen molar-refractivity contribution >= 4 is 21.8 Å². The number of furan rings is 1. The predicted octanol–water partition coefficient (Wildman–Crippen LogP) is 2.54. The molecule has 2 atom stereocenters. The van der Waals surface area contributed by atoms with Gasteiger partial charge >= 0.3 is 0 Å². The van der Waals surface area contributed by atoms with Crippen LogP contribution in [0.2, 0.25) is 0 Å². The highest BCUT2D eigenvalue weighted by Gasteiger charge is 2.28. The summed E-state index contributed by atoms with van der Waals surface area (Å²) in [5.41, 5.74) is 0. The number of amides is 1. The van der Waals surface area contributed by atoms with Crippen LogP contribution in [0.25, 0.3) is 0 Å². The maximum atomic E-state index is 12.5. The van der Waals surface area contributed by atoms with Gasteiger partial charge in [-0.25, -0.2) is 0 Å². The van der Waals surface area contributed by atoms with Crippen LogP contribution in [0.15, 0.2) is 33.4 Å². The van der Waals surface area contributed by atoms with E-state index in [4.69, 9.17) is 9.15 Å². The minimum atomic E-state index is -0.0881. The summed E-state index contributed by atoms with van der Waals surface area (Å²) in [7, 11) is 0. The van der Waals surface area contributed by atoms with Gasteiger partial charge in [-0.3, -0.25) is 9.48 Å². The monoisotopic (exact) mass is 367 g/mol. The molecule has 1 saturated heterocycles. The van der Waals surface area contributed by atoms with Gasteiger partial charge in [-0.2, -0.15) is 5.10 Å². The molecule has 0 N–H and O–H groups in total. The lowest BCUT2D eigenvalue weighted by Gasteiger charge is -2.34. The number of morpholine rings is 1. The van der Waals surface area contributed by atoms with Gasteiger partial charge in [-0.05, 0) is 41.9 Å². The highest BCUT2D eigenvalue weighted by atomic mass is 79.9. The van der Waals surface area contributed by atoms with Crippen molar-refractivity contribution in [2.24, 2.45) is 0 Å². The number of halogens is 1. The van der Waals surface area contributed by atoms with Crippen LogP contribution < -0.4 is 0 Å². The highest BCUT2D eigenvalue weighted by Crippen LogP contribution is 2.17. The van der Waals surface area contributed by atoms with Crippen LogP contribution in [0.5, 0.6) is 0 Å². The predicted molar refractivity (Wildman–Crippen MR) is 83.6 cm³/mol. The number of ether oxygens (including phenoxy) is 1. The molecule has 22 heavy (non-hydrogen) atoms. The van der Waals surface area contributed by atoms with Crippen LogP contribution in [-0.2, 0) is 11.3 Å². The fourth-order valence-electron chi connectivity index (χ4n) is 2.66. The Hall–Kier alpha value is -1.60. The summed E-state index contributed by atoms with van der Waals surface area (Å²) >= 11 is 3.35. The van der Waals surface area contributed by atoms with Crippen LogP contribution in [-0.4, -0.2) is 45.9 Å². The molecule has 0 aromatic carbocycles. The highest BCUT2D eigenvalue weighted by molar-refractivity contribution is 9.10. The van der Waals surface area contributed by atoms with Crippen molar-refractivity contribution in [2.75, 3.05) is 13.1 Å². The van der Waals surface area contributed by atoms with Gasteiger partial charge in [0.25, 0.3) is 5.91 Å². The van der Waals surface area contributed by atoms with Crippen molar-refractivity contribution < 1.29 is 13.9 Å². The van der Waals surface area contributed by atoms with E-state index in [1.165, 1.54) is 0 Å². The van der Waals surface area contributed by atoms with E-state index in [9.17, 15) is 4.79 Å². The lowest BCUT2D eigenvalue weighted by molar-refractivity contribution is -0.0592. The fraction of sp³-hybridized carbons (Fsp3) is 0.467. The Labute approximate surface area is 137 Å². The van der Waals surface area contributed by atoms with Gasteiger partial charge in [0.2, 0.25) is 0 Å². The summed E-state index contributed by atoms with van der Waals surface area (Å²) in [5.74, 6) is 0.978. The van der Waals surface area contributed by atoms with E-state index in [0.717, 1.165) is 4.47 Å². The number of rotatable bonds is 3. The topological polar surface area (TPSA) is 60.5 Å². The first-order valence-corrected chi connectivity index (χ1v) is 8.02. The number of hydrogen-bond donors (Lipinski definition) is 0. The second-order valence-electron chi connectivity index (χ2n) is 5.59. The molecule has 0 bridgehead atoms. The summed E-state index contributed by atoms with van der Waals surface area (Å²) in [5, 5.41) is 4.17. The SMILES string of the molecule is CC1CN(C(=O)c2ccc(Cn3cc(Br)cn3)o2)CC(C)O1. The van der Waals surface area contributed by atoms with E-state index in [2.05, 4.69) is 21.0 Å². The minimum Gasteiger partial charge on any atom is -0.454 e. The van der Waals surface area contributed by atoms with E-state index in [0.29, 0.717) is 31.2 Å². The van der Waals surface area contributed by atoms with Gasteiger partial charge < -0.3 is 14.1 Å². The molecule has 0 spiro atoms. The van der Waals surface area contributed by atoms with Crippen molar-refractivity contribution in [3.05, 3.63) is 40.5 Å². The normalized spacial score (nSPS) is 22.0. The summed E-state index contributed by atoms with van der Waals surface area (Å²) in [6.07, 6.45) is 3.66. The van der Waals surface area contributed by atoms with Gasteiger partial charge in [0.05, 0.1) is 29.4 Å². The molecule has 7 heteroatoms. The molecule has 3 rings (SSSR count). The summed E-state index contributed by atoms with van der Waals surface area (Å²) < 4.78 is 14.0. The smallest absolute Gasteiger partial charge is 0.289 e. The average molecular weight is 368 g/mol. The van der Waals surface area contributed by atoms with Gasteiger partial charge in [-0.15, -0.1) is 0 Å². The zero-order chi connectivity index (χ0) is 15.7. The Kier molecular flexibility index (Phi) is 4.35. The summed E-state index contributed by atoms with van der Waals surface area (Å²) in [4.78, 5) is 14.3. The summed E-state index contributed by atoms with van der Waals surface area (Å²) in [6, 6.07) is 3.54. The third kappa shape index (κ3) is 3.41. The van der Waals surface area contributed by atoms with Gasteiger partial charge in [0.15, 0.2) is 5.76 Å². The molecule has 2 aromatic rings. The zero-order valence-corrected chi connectivity index (χ0v) is 14.1. The standard InChI is InChI=1S/C15H18BrN3O3/c1-10-6-18(7-11(2)21-10)15(20)14-4-3-13(22-14)9-19-8-12(16)5-17-19/h3-5,8,10-11H,6-7,9H2,1-2H3. The molecule has 2 aromatic heterocycles. The quantitative estimate of drug-likeness (QED) is 0.836. The van der Waals surface area contributed by atoms with E-state index >= 15 is 0 Å². The minimum absolute atomic E-state index is 0.0450. The molecule has 2 unspecified atom stereocenters. The second kappa shape index (κ2) is 6.26. The molecule has 1 aliphatic heterocycles. The van der Waals surface area contributed by atoms with E-state index in [-0.39, 0.29) is 18.1 Å². The van der Waals surface area contributed by atoms with Crippen LogP contribution in [0.1, 0.15) is 30.2 Å². The molecule has 3 heterocycles. The number of carbonyl (C=O) groups is 1. The maximum Gasteiger partial charge on any atom is 0.289 e. The van der Waals surface area contributed by atoms with Crippen molar-refractivity contribution in [3.8, 4) is 0 Å². The lowest BCUT2D eigenvalue weighted by atomic mass is 10.2. The Morgan fingerprint density at radius 1 is 1.36 bits per heavy atom. The van der Waals surface area contributed by atoms with Gasteiger partial charge in [0.1, 0.15) is 5.76 Å². The number of aromatic nitrogens is 2. The first-order chi connectivity index (χ1) is 10.5. The third-order valence-corrected chi connectivity index (χ3v) is 3.91. The Balaban J connectivity index is 1.68. The molecule has 1 aliphatic rings. The lowest BCUT2D eigenvalue weighted by Crippen LogP contribution is -2.48. The van der Waals surface area contributed by atoms with Crippen LogP contribution in [0, 0.1) is 0 Å². The van der Waals surface area contributed by atoms with Gasteiger partial charge in [-0.1, -0.05) is 0 Å². The van der Waals surface area contributed by atoms with E-state index in [1.54, 1.807) is 21.8 Å². The molecule has 0 aliphatic carbocycles. The Bertz CT molecular complexity index is 657. The van der Waals surface area contributed by atoms with Crippen LogP contribution in [0.4, 0.5) is 0 Å². The number of hydrogen-bond acceptors (Lipinski definition) is 4. The molecule has 0 saturated carbocycles. The number of nitrogens with zero attached hydrogens (tertiary/aromatic N) is 3. The molecule has 1 amide bonds. The molecular formula is C15H18BrN3O3. The Morgan fingerprint density at radius 2 is 2.09 bits per heavy atom. The average Bonchev–Trinajstić information content (AvgIpc) is 3.07. The molecule has 0 radical (unpaired) electrons. The number of carbonyl (C=O) groups excluding carboxylic acids is 1. The molecule has 1 fully saturated rings. The molecule has 118 valence electrons. The Morgan fingerprint density at radius 3 is 2.73 bits per heavy atom. The van der Waals surface area contributed by atoms with Crippen molar-refractivity contribution in [1.82, 2.24) is 14.7 Å². The van der Waals surface area contributed by atoms with Crippen molar-refractivity contribution in [1.29, 1.82) is 0 Å². The zero-order valence-electron chi connectivity index (χ0n) is 12.5.